The molecule has 0 fully saturated rings. The monoisotopic (exact) mass is 326 g/mol. The number of hydrogen-bond donors (Lipinski definition) is 3. The van der Waals surface area contributed by atoms with E-state index in [2.05, 4.69) is 5.92 Å². The van der Waals surface area contributed by atoms with Crippen molar-refractivity contribution >= 4 is 5.97 Å². The molecule has 3 N–H and O–H groups in total. The maximum Gasteiger partial charge on any atom is 0.342 e. The first-order valence-corrected chi connectivity index (χ1v) is 7.42. The molecule has 2 aromatic rings. The van der Waals surface area contributed by atoms with Gasteiger partial charge < -0.3 is 20.1 Å². The summed E-state index contributed by atoms with van der Waals surface area (Å²) < 4.78 is 5.18. The predicted octanol–water partition coefficient (Wildman–Crippen LogP) is 2.90. The molecule has 2 aromatic carbocycles. The molecule has 24 heavy (non-hydrogen) atoms. The molecule has 5 nitrogen and oxygen atoms in total. The molecule has 0 heterocycles. The highest BCUT2D eigenvalue weighted by atomic mass is 16.5. The third-order valence-corrected chi connectivity index (χ3v) is 3.55. The highest BCUT2D eigenvalue weighted by molar-refractivity contribution is 5.93. The van der Waals surface area contributed by atoms with Crippen LogP contribution in [0, 0.1) is 12.3 Å². The highest BCUT2D eigenvalue weighted by Gasteiger charge is 2.18. The lowest BCUT2D eigenvalue weighted by Gasteiger charge is -2.10. The highest BCUT2D eigenvalue weighted by Crippen LogP contribution is 2.37. The molecule has 0 radical (unpaired) electrons. The number of aryl methyl sites for hydroxylation is 1. The average Bonchev–Trinajstić information content (AvgIpc) is 2.58. The van der Waals surface area contributed by atoms with Crippen LogP contribution in [0.4, 0.5) is 0 Å². The second-order valence-corrected chi connectivity index (χ2v) is 5.30. The summed E-state index contributed by atoms with van der Waals surface area (Å²) >= 11 is 0. The Morgan fingerprint density at radius 1 is 1.08 bits per heavy atom. The molecule has 0 amide bonds. The third kappa shape index (κ3) is 3.79. The van der Waals surface area contributed by atoms with Crippen molar-refractivity contribution in [3.63, 3.8) is 0 Å². The molecule has 0 saturated carbocycles. The first-order valence-electron chi connectivity index (χ1n) is 7.42. The Labute approximate surface area is 140 Å². The normalized spacial score (nSPS) is 10.2. The van der Waals surface area contributed by atoms with Gasteiger partial charge >= 0.3 is 5.97 Å². The van der Waals surface area contributed by atoms with Crippen LogP contribution in [0.5, 0.6) is 17.2 Å². The Bertz CT molecular complexity index is 802. The van der Waals surface area contributed by atoms with Gasteiger partial charge in [-0.2, -0.15) is 0 Å². The fourth-order valence-corrected chi connectivity index (χ4v) is 2.31. The molecule has 0 bridgehead atoms. The van der Waals surface area contributed by atoms with E-state index in [4.69, 9.17) is 11.2 Å². The Morgan fingerprint density at radius 2 is 1.75 bits per heavy atom. The second-order valence-electron chi connectivity index (χ2n) is 5.30. The van der Waals surface area contributed by atoms with E-state index in [0.717, 1.165) is 29.2 Å². The average molecular weight is 326 g/mol. The van der Waals surface area contributed by atoms with Gasteiger partial charge in [0.1, 0.15) is 12.2 Å². The molecule has 0 spiro atoms. The van der Waals surface area contributed by atoms with Crippen LogP contribution >= 0.6 is 0 Å². The van der Waals surface area contributed by atoms with E-state index in [1.165, 1.54) is 6.07 Å². The number of aromatic hydroxyl groups is 3. The summed E-state index contributed by atoms with van der Waals surface area (Å²) in [5, 5.41) is 28.4. The molecule has 0 aliphatic rings. The van der Waals surface area contributed by atoms with E-state index >= 15 is 0 Å². The number of phenols is 3. The van der Waals surface area contributed by atoms with Gasteiger partial charge in [0.2, 0.25) is 5.75 Å². The summed E-state index contributed by atoms with van der Waals surface area (Å²) in [6.45, 7) is 2.02. The van der Waals surface area contributed by atoms with E-state index in [1.807, 2.05) is 25.1 Å². The van der Waals surface area contributed by atoms with Gasteiger partial charge in [0.15, 0.2) is 11.5 Å². The van der Waals surface area contributed by atoms with Gasteiger partial charge in [-0.25, -0.2) is 4.79 Å². The zero-order valence-corrected chi connectivity index (χ0v) is 13.2. The molecule has 0 aromatic heterocycles. The van der Waals surface area contributed by atoms with E-state index in [1.54, 1.807) is 0 Å². The van der Waals surface area contributed by atoms with Crippen LogP contribution in [0.3, 0.4) is 0 Å². The number of phenolic OH excluding ortho intramolecular Hbond substituents is 3. The Hall–Kier alpha value is -3.13. The van der Waals surface area contributed by atoms with Crippen molar-refractivity contribution in [3.05, 3.63) is 52.6 Å². The largest absolute Gasteiger partial charge is 0.504 e. The maximum absolute atomic E-state index is 12.1. The second kappa shape index (κ2) is 7.42. The fraction of sp³-hybridized carbons (Fsp3) is 0.211. The van der Waals surface area contributed by atoms with E-state index < -0.39 is 23.2 Å². The molecule has 0 aliphatic heterocycles. The number of carbonyl (C=O) groups is 1. The van der Waals surface area contributed by atoms with Crippen LogP contribution in [0.25, 0.3) is 0 Å². The molecule has 2 rings (SSSR count). The molecule has 124 valence electrons. The summed E-state index contributed by atoms with van der Waals surface area (Å²) in [6.07, 6.45) is 6.65. The standard InChI is InChI=1S/C19H18O5/c1-3-5-13-8-12(4-2)9-14(10-13)11-24-19(23)15-6-7-16(20)18(22)17(15)21/h1,6-10,20-22H,4-5,11H2,2H3. The van der Waals surface area contributed by atoms with Crippen molar-refractivity contribution < 1.29 is 24.9 Å². The van der Waals surface area contributed by atoms with Gasteiger partial charge in [-0.3, -0.25) is 0 Å². The van der Waals surface area contributed by atoms with E-state index in [0.29, 0.717) is 6.42 Å². The van der Waals surface area contributed by atoms with Crippen LogP contribution < -0.4 is 0 Å². The lowest BCUT2D eigenvalue weighted by Crippen LogP contribution is -2.06. The smallest absolute Gasteiger partial charge is 0.342 e. The number of benzene rings is 2. The zero-order valence-electron chi connectivity index (χ0n) is 13.2. The number of hydrogen-bond acceptors (Lipinski definition) is 5. The summed E-state index contributed by atoms with van der Waals surface area (Å²) in [5.74, 6) is -0.206. The number of carbonyl (C=O) groups excluding carboxylic acids is 1. The molecule has 5 heteroatoms. The topological polar surface area (TPSA) is 87.0 Å². The van der Waals surface area contributed by atoms with Crippen molar-refractivity contribution in [3.8, 4) is 29.6 Å². The van der Waals surface area contributed by atoms with Gasteiger partial charge in [0.25, 0.3) is 0 Å². The Balaban J connectivity index is 2.16. The fourth-order valence-electron chi connectivity index (χ4n) is 2.31. The first kappa shape index (κ1) is 17.2. The molecule has 0 atom stereocenters. The van der Waals surface area contributed by atoms with Crippen molar-refractivity contribution in [2.45, 2.75) is 26.4 Å². The molecule has 0 aliphatic carbocycles. The van der Waals surface area contributed by atoms with Gasteiger partial charge in [-0.15, -0.1) is 12.3 Å². The Kier molecular flexibility index (Phi) is 5.33. The van der Waals surface area contributed by atoms with Crippen LogP contribution in [-0.2, 0) is 24.2 Å². The number of esters is 1. The summed E-state index contributed by atoms with van der Waals surface area (Å²) in [4.78, 5) is 12.1. The SMILES string of the molecule is C#CCc1cc(CC)cc(COC(=O)c2ccc(O)c(O)c2O)c1. The molecule has 0 unspecified atom stereocenters. The minimum Gasteiger partial charge on any atom is -0.504 e. The van der Waals surface area contributed by atoms with Crippen LogP contribution in [0.2, 0.25) is 0 Å². The predicted molar refractivity (Wildman–Crippen MR) is 88.9 cm³/mol. The quantitative estimate of drug-likeness (QED) is 0.447. The number of terminal acetylenes is 1. The van der Waals surface area contributed by atoms with Crippen molar-refractivity contribution in [1.29, 1.82) is 0 Å². The lowest BCUT2D eigenvalue weighted by molar-refractivity contribution is 0.0468. The third-order valence-electron chi connectivity index (χ3n) is 3.55. The van der Waals surface area contributed by atoms with E-state index in [-0.39, 0.29) is 12.2 Å². The van der Waals surface area contributed by atoms with Crippen LogP contribution in [-0.4, -0.2) is 21.3 Å². The molecule has 0 saturated heterocycles. The molecular weight excluding hydrogens is 308 g/mol. The van der Waals surface area contributed by atoms with Crippen LogP contribution in [0.15, 0.2) is 30.3 Å². The maximum atomic E-state index is 12.1. The van der Waals surface area contributed by atoms with Gasteiger partial charge in [0.05, 0.1) is 0 Å². The minimum absolute atomic E-state index is 0.00528. The van der Waals surface area contributed by atoms with Gasteiger partial charge in [-0.1, -0.05) is 25.1 Å². The zero-order chi connectivity index (χ0) is 17.7. The number of rotatable bonds is 5. The van der Waals surface area contributed by atoms with Gasteiger partial charge in [-0.05, 0) is 35.2 Å². The van der Waals surface area contributed by atoms with Crippen molar-refractivity contribution in [2.24, 2.45) is 0 Å². The van der Waals surface area contributed by atoms with Crippen molar-refractivity contribution in [2.75, 3.05) is 0 Å². The number of ether oxygens (including phenoxy) is 1. The Morgan fingerprint density at radius 3 is 2.42 bits per heavy atom. The first-order chi connectivity index (χ1) is 11.5. The molecular formula is C19H18O5. The lowest BCUT2D eigenvalue weighted by atomic mass is 10.0. The summed E-state index contributed by atoms with van der Waals surface area (Å²) in [5.41, 5.74) is 2.61. The van der Waals surface area contributed by atoms with Crippen LogP contribution in [0.1, 0.15) is 34.0 Å². The van der Waals surface area contributed by atoms with Crippen molar-refractivity contribution in [1.82, 2.24) is 0 Å². The summed E-state index contributed by atoms with van der Waals surface area (Å²) in [6, 6.07) is 8.07. The van der Waals surface area contributed by atoms with E-state index in [9.17, 15) is 20.1 Å². The van der Waals surface area contributed by atoms with Gasteiger partial charge in [0, 0.05) is 6.42 Å². The minimum atomic E-state index is -0.803. The summed E-state index contributed by atoms with van der Waals surface area (Å²) in [7, 11) is 0.